The second-order valence-corrected chi connectivity index (χ2v) is 6.96. The number of guanidine groups is 1. The molecule has 138 valence electrons. The molecule has 0 aliphatic carbocycles. The highest BCUT2D eigenvalue weighted by atomic mass is 127. The summed E-state index contributed by atoms with van der Waals surface area (Å²) < 4.78 is 5.44. The molecule has 1 heterocycles. The number of nitrogens with zero attached hydrogens (tertiary/aromatic N) is 2. The Kier molecular flexibility index (Phi) is 9.81. The van der Waals surface area contributed by atoms with Gasteiger partial charge in [-0.1, -0.05) is 25.1 Å². The summed E-state index contributed by atoms with van der Waals surface area (Å²) in [6, 6.07) is 8.13. The molecule has 1 aromatic heterocycles. The van der Waals surface area contributed by atoms with Crippen LogP contribution in [-0.2, 0) is 6.42 Å². The Balaban J connectivity index is 0.00000312. The van der Waals surface area contributed by atoms with Crippen molar-refractivity contribution < 1.29 is 4.74 Å². The van der Waals surface area contributed by atoms with E-state index in [1.807, 2.05) is 24.4 Å². The monoisotopic (exact) mass is 474 g/mol. The third-order valence-electron chi connectivity index (χ3n) is 3.77. The minimum absolute atomic E-state index is 0. The van der Waals surface area contributed by atoms with E-state index in [2.05, 4.69) is 40.5 Å². The smallest absolute Gasteiger partial charge is 0.191 e. The predicted octanol–water partition coefficient (Wildman–Crippen LogP) is 3.59. The number of rotatable bonds is 7. The van der Waals surface area contributed by atoms with E-state index in [1.54, 1.807) is 25.5 Å². The topological polar surface area (TPSA) is 58.5 Å². The summed E-state index contributed by atoms with van der Waals surface area (Å²) in [5.41, 5.74) is 1.20. The Bertz CT molecular complexity index is 675. The lowest BCUT2D eigenvalue weighted by Crippen LogP contribution is -2.39. The SMILES string of the molecule is CN=C(NCCc1ncc(C)s1)NCC(C)c1ccccc1OC.I. The van der Waals surface area contributed by atoms with Crippen molar-refractivity contribution in [1.29, 1.82) is 0 Å². The van der Waals surface area contributed by atoms with Crippen LogP contribution in [0.4, 0.5) is 0 Å². The molecule has 25 heavy (non-hydrogen) atoms. The Morgan fingerprint density at radius 2 is 2.08 bits per heavy atom. The number of nitrogens with one attached hydrogen (secondary N) is 2. The summed E-state index contributed by atoms with van der Waals surface area (Å²) in [5, 5.41) is 7.86. The van der Waals surface area contributed by atoms with Gasteiger partial charge in [0.15, 0.2) is 5.96 Å². The van der Waals surface area contributed by atoms with Gasteiger partial charge in [-0.05, 0) is 18.6 Å². The number of hydrogen-bond acceptors (Lipinski definition) is 4. The van der Waals surface area contributed by atoms with Gasteiger partial charge in [-0.3, -0.25) is 4.99 Å². The summed E-state index contributed by atoms with van der Waals surface area (Å²) in [6.07, 6.45) is 2.82. The van der Waals surface area contributed by atoms with Crippen molar-refractivity contribution in [3.63, 3.8) is 0 Å². The quantitative estimate of drug-likeness (QED) is 0.366. The van der Waals surface area contributed by atoms with Gasteiger partial charge in [0.05, 0.1) is 12.1 Å². The summed E-state index contributed by atoms with van der Waals surface area (Å²) in [4.78, 5) is 9.90. The number of para-hydroxylation sites is 1. The van der Waals surface area contributed by atoms with E-state index >= 15 is 0 Å². The number of hydrogen-bond donors (Lipinski definition) is 2. The van der Waals surface area contributed by atoms with E-state index in [4.69, 9.17) is 4.74 Å². The fourth-order valence-corrected chi connectivity index (χ4v) is 3.25. The number of aromatic nitrogens is 1. The Labute approximate surface area is 171 Å². The molecule has 7 heteroatoms. The fraction of sp³-hybridized carbons (Fsp3) is 0.444. The molecule has 0 aliphatic rings. The molecule has 1 atom stereocenters. The molecule has 0 amide bonds. The number of aryl methyl sites for hydroxylation is 1. The highest BCUT2D eigenvalue weighted by Gasteiger charge is 2.11. The number of thiazole rings is 1. The van der Waals surface area contributed by atoms with Crippen molar-refractivity contribution in [1.82, 2.24) is 15.6 Å². The minimum atomic E-state index is 0. The molecule has 0 saturated carbocycles. The molecule has 0 bridgehead atoms. The lowest BCUT2D eigenvalue weighted by molar-refractivity contribution is 0.406. The lowest BCUT2D eigenvalue weighted by Gasteiger charge is -2.18. The normalized spacial score (nSPS) is 12.2. The number of methoxy groups -OCH3 is 1. The van der Waals surface area contributed by atoms with Crippen molar-refractivity contribution in [3.8, 4) is 5.75 Å². The van der Waals surface area contributed by atoms with Crippen LogP contribution in [0.3, 0.4) is 0 Å². The third-order valence-corrected chi connectivity index (χ3v) is 4.74. The molecule has 2 N–H and O–H groups in total. The molecule has 2 rings (SSSR count). The molecule has 1 aromatic carbocycles. The lowest BCUT2D eigenvalue weighted by atomic mass is 10.0. The summed E-state index contributed by atoms with van der Waals surface area (Å²) >= 11 is 1.74. The zero-order valence-corrected chi connectivity index (χ0v) is 18.4. The fourth-order valence-electron chi connectivity index (χ4n) is 2.46. The van der Waals surface area contributed by atoms with Crippen LogP contribution < -0.4 is 15.4 Å². The van der Waals surface area contributed by atoms with Crippen molar-refractivity contribution in [2.45, 2.75) is 26.2 Å². The van der Waals surface area contributed by atoms with E-state index in [0.717, 1.165) is 36.2 Å². The van der Waals surface area contributed by atoms with Crippen LogP contribution in [0.2, 0.25) is 0 Å². The maximum absolute atomic E-state index is 5.44. The van der Waals surface area contributed by atoms with Gasteiger partial charge in [0.1, 0.15) is 5.75 Å². The van der Waals surface area contributed by atoms with Gasteiger partial charge in [-0.25, -0.2) is 4.98 Å². The number of halogens is 1. The van der Waals surface area contributed by atoms with E-state index in [0.29, 0.717) is 5.92 Å². The van der Waals surface area contributed by atoms with Crippen molar-refractivity contribution in [2.24, 2.45) is 4.99 Å². The first-order chi connectivity index (χ1) is 11.6. The molecular weight excluding hydrogens is 447 g/mol. The van der Waals surface area contributed by atoms with E-state index in [9.17, 15) is 0 Å². The predicted molar refractivity (Wildman–Crippen MR) is 117 cm³/mol. The van der Waals surface area contributed by atoms with Crippen LogP contribution in [0, 0.1) is 6.92 Å². The number of aliphatic imine (C=N–C) groups is 1. The van der Waals surface area contributed by atoms with Gasteiger partial charge < -0.3 is 15.4 Å². The average molecular weight is 474 g/mol. The van der Waals surface area contributed by atoms with E-state index in [-0.39, 0.29) is 24.0 Å². The summed E-state index contributed by atoms with van der Waals surface area (Å²) in [5.74, 6) is 2.06. The van der Waals surface area contributed by atoms with Crippen LogP contribution >= 0.6 is 35.3 Å². The molecule has 2 aromatic rings. The molecule has 0 aliphatic heterocycles. The Morgan fingerprint density at radius 3 is 2.72 bits per heavy atom. The van der Waals surface area contributed by atoms with Gasteiger partial charge in [-0.15, -0.1) is 35.3 Å². The highest BCUT2D eigenvalue weighted by Crippen LogP contribution is 2.25. The molecular formula is C18H27IN4OS. The second kappa shape index (κ2) is 11.3. The van der Waals surface area contributed by atoms with Gasteiger partial charge >= 0.3 is 0 Å². The molecule has 0 spiro atoms. The number of benzene rings is 1. The second-order valence-electron chi connectivity index (χ2n) is 5.64. The van der Waals surface area contributed by atoms with Crippen LogP contribution in [0.25, 0.3) is 0 Å². The Morgan fingerprint density at radius 1 is 1.32 bits per heavy atom. The largest absolute Gasteiger partial charge is 0.496 e. The maximum atomic E-state index is 5.44. The third kappa shape index (κ3) is 6.81. The summed E-state index contributed by atoms with van der Waals surface area (Å²) in [7, 11) is 3.50. The standard InChI is InChI=1S/C18H26N4OS.HI/c1-13(15-7-5-6-8-16(15)23-4)11-22-18(19-3)20-10-9-17-21-12-14(2)24-17;/h5-8,12-13H,9-11H2,1-4H3,(H2,19,20,22);1H. The molecule has 1 unspecified atom stereocenters. The minimum Gasteiger partial charge on any atom is -0.496 e. The average Bonchev–Trinajstić information content (AvgIpc) is 3.02. The van der Waals surface area contributed by atoms with Crippen molar-refractivity contribution in [3.05, 3.63) is 45.9 Å². The van der Waals surface area contributed by atoms with Crippen LogP contribution in [-0.4, -0.2) is 38.2 Å². The zero-order chi connectivity index (χ0) is 17.4. The van der Waals surface area contributed by atoms with Gasteiger partial charge in [-0.2, -0.15) is 0 Å². The van der Waals surface area contributed by atoms with Crippen molar-refractivity contribution >= 4 is 41.3 Å². The van der Waals surface area contributed by atoms with Crippen molar-refractivity contribution in [2.75, 3.05) is 27.2 Å². The zero-order valence-electron chi connectivity index (χ0n) is 15.2. The summed E-state index contributed by atoms with van der Waals surface area (Å²) in [6.45, 7) is 5.86. The van der Waals surface area contributed by atoms with E-state index < -0.39 is 0 Å². The maximum Gasteiger partial charge on any atom is 0.191 e. The van der Waals surface area contributed by atoms with Gasteiger partial charge in [0.25, 0.3) is 0 Å². The Hall–Kier alpha value is -1.35. The number of ether oxygens (including phenoxy) is 1. The first-order valence-corrected chi connectivity index (χ1v) is 8.94. The first kappa shape index (κ1) is 21.7. The highest BCUT2D eigenvalue weighted by molar-refractivity contribution is 14.0. The molecule has 0 saturated heterocycles. The van der Waals surface area contributed by atoms with Crippen LogP contribution in [0.1, 0.15) is 28.3 Å². The molecule has 0 fully saturated rings. The van der Waals surface area contributed by atoms with Gasteiger partial charge in [0, 0.05) is 43.5 Å². The first-order valence-electron chi connectivity index (χ1n) is 8.12. The van der Waals surface area contributed by atoms with E-state index in [1.165, 1.54) is 10.4 Å². The van der Waals surface area contributed by atoms with Crippen LogP contribution in [0.15, 0.2) is 35.5 Å². The molecule has 0 radical (unpaired) electrons. The van der Waals surface area contributed by atoms with Crippen LogP contribution in [0.5, 0.6) is 5.75 Å². The van der Waals surface area contributed by atoms with Gasteiger partial charge in [0.2, 0.25) is 0 Å². The molecule has 5 nitrogen and oxygen atoms in total.